The summed E-state index contributed by atoms with van der Waals surface area (Å²) in [5.41, 5.74) is 7.81. The second-order valence-corrected chi connectivity index (χ2v) is 5.26. The number of pyridine rings is 1. The predicted octanol–water partition coefficient (Wildman–Crippen LogP) is 3.27. The number of hydrogen-bond donors (Lipinski definition) is 2. The van der Waals surface area contributed by atoms with Crippen LogP contribution in [0.15, 0.2) is 42.6 Å². The van der Waals surface area contributed by atoms with Crippen molar-refractivity contribution in [1.82, 2.24) is 10.3 Å². The van der Waals surface area contributed by atoms with Crippen LogP contribution in [0.3, 0.4) is 0 Å². The number of aromatic nitrogens is 1. The van der Waals surface area contributed by atoms with Crippen LogP contribution in [0.4, 0.5) is 5.69 Å². The molecule has 0 saturated carbocycles. The molecule has 0 atom stereocenters. The lowest BCUT2D eigenvalue weighted by atomic mass is 10.1. The van der Waals surface area contributed by atoms with E-state index in [4.69, 9.17) is 10.5 Å². The fourth-order valence-corrected chi connectivity index (χ4v) is 2.00. The summed E-state index contributed by atoms with van der Waals surface area (Å²) in [5, 5.41) is 2.86. The highest BCUT2D eigenvalue weighted by molar-refractivity contribution is 5.94. The maximum absolute atomic E-state index is 12.2. The summed E-state index contributed by atoms with van der Waals surface area (Å²) >= 11 is 0. The van der Waals surface area contributed by atoms with E-state index in [0.29, 0.717) is 18.0 Å². The Kier molecular flexibility index (Phi) is 9.85. The molecule has 0 saturated heterocycles. The van der Waals surface area contributed by atoms with E-state index in [0.717, 1.165) is 17.7 Å². The molecular weight excluding hydrogens is 349 g/mol. The van der Waals surface area contributed by atoms with Gasteiger partial charge in [-0.25, -0.2) is 4.98 Å². The van der Waals surface area contributed by atoms with Crippen molar-refractivity contribution < 1.29 is 9.53 Å². The quantitative estimate of drug-likeness (QED) is 0.763. The largest absolute Gasteiger partial charge is 0.489 e. The first-order chi connectivity index (χ1) is 10.6. The van der Waals surface area contributed by atoms with Gasteiger partial charge in [0.25, 0.3) is 5.91 Å². The average molecular weight is 372 g/mol. The van der Waals surface area contributed by atoms with E-state index in [-0.39, 0.29) is 36.8 Å². The third kappa shape index (κ3) is 6.64. The second kappa shape index (κ2) is 10.7. The minimum absolute atomic E-state index is 0. The molecule has 1 aromatic heterocycles. The van der Waals surface area contributed by atoms with Crippen molar-refractivity contribution in [2.75, 3.05) is 12.3 Å². The Hall–Kier alpha value is -1.98. The Bertz CT molecular complexity index is 634. The highest BCUT2D eigenvalue weighted by Crippen LogP contribution is 2.16. The number of ether oxygens (including phenoxy) is 1. The number of rotatable bonds is 6. The van der Waals surface area contributed by atoms with Crippen molar-refractivity contribution in [1.29, 1.82) is 0 Å². The van der Waals surface area contributed by atoms with Gasteiger partial charge in [0.05, 0.1) is 6.10 Å². The molecule has 1 aromatic carbocycles. The fraction of sp³-hybridized carbons (Fsp3) is 0.294. The van der Waals surface area contributed by atoms with E-state index >= 15 is 0 Å². The Balaban J connectivity index is 0.00000264. The molecule has 2 aromatic rings. The lowest BCUT2D eigenvalue weighted by molar-refractivity contribution is 0.0942. The van der Waals surface area contributed by atoms with E-state index < -0.39 is 0 Å². The monoisotopic (exact) mass is 371 g/mol. The summed E-state index contributed by atoms with van der Waals surface area (Å²) in [6, 6.07) is 11.1. The van der Waals surface area contributed by atoms with Gasteiger partial charge in [0.1, 0.15) is 0 Å². The molecule has 132 valence electrons. The van der Waals surface area contributed by atoms with Crippen LogP contribution in [-0.4, -0.2) is 23.5 Å². The van der Waals surface area contributed by atoms with Crippen LogP contribution in [0.25, 0.3) is 0 Å². The minimum Gasteiger partial charge on any atom is -0.489 e. The van der Waals surface area contributed by atoms with Crippen LogP contribution in [0.2, 0.25) is 0 Å². The molecule has 0 fully saturated rings. The molecule has 0 aliphatic rings. The minimum atomic E-state index is -0.230. The zero-order chi connectivity index (χ0) is 15.9. The normalized spacial score (nSPS) is 9.62. The molecule has 0 unspecified atom stereocenters. The first-order valence-electron chi connectivity index (χ1n) is 7.30. The predicted molar refractivity (Wildman–Crippen MR) is 101 cm³/mol. The fourth-order valence-electron chi connectivity index (χ4n) is 2.00. The summed E-state index contributed by atoms with van der Waals surface area (Å²) < 4.78 is 5.61. The van der Waals surface area contributed by atoms with Crippen LogP contribution in [0, 0.1) is 0 Å². The molecule has 1 heterocycles. The third-order valence-electron chi connectivity index (χ3n) is 3.03. The molecule has 1 amide bonds. The van der Waals surface area contributed by atoms with Crippen molar-refractivity contribution >= 4 is 36.4 Å². The number of nitrogens with zero attached hydrogens (tertiary/aromatic N) is 1. The van der Waals surface area contributed by atoms with Gasteiger partial charge < -0.3 is 15.8 Å². The number of nitrogens with two attached hydrogens (primary N) is 1. The van der Waals surface area contributed by atoms with Crippen LogP contribution < -0.4 is 15.8 Å². The molecule has 24 heavy (non-hydrogen) atoms. The molecule has 2 rings (SSSR count). The Morgan fingerprint density at radius 3 is 2.50 bits per heavy atom. The average Bonchev–Trinajstić information content (AvgIpc) is 2.49. The maximum atomic E-state index is 12.2. The number of nitrogen functional groups attached to an aromatic ring is 1. The summed E-state index contributed by atoms with van der Waals surface area (Å²) in [7, 11) is 0. The molecule has 7 heteroatoms. The lowest BCUT2D eigenvalue weighted by Crippen LogP contribution is -2.27. The van der Waals surface area contributed by atoms with Gasteiger partial charge in [-0.05, 0) is 50.1 Å². The summed E-state index contributed by atoms with van der Waals surface area (Å²) in [4.78, 5) is 16.3. The third-order valence-corrected chi connectivity index (χ3v) is 3.03. The van der Waals surface area contributed by atoms with Gasteiger partial charge in [0, 0.05) is 18.4 Å². The SMILES string of the molecule is CC(C)Oc1cccnc1C(=O)NCCc1ccc(N)cc1.Cl.Cl. The lowest BCUT2D eigenvalue weighted by Gasteiger charge is -2.13. The topological polar surface area (TPSA) is 77.2 Å². The van der Waals surface area contributed by atoms with Crippen LogP contribution in [0.1, 0.15) is 29.9 Å². The number of halogens is 2. The number of hydrogen-bond acceptors (Lipinski definition) is 4. The van der Waals surface area contributed by atoms with Gasteiger partial charge in [-0.3, -0.25) is 4.79 Å². The van der Waals surface area contributed by atoms with Crippen LogP contribution in [-0.2, 0) is 6.42 Å². The van der Waals surface area contributed by atoms with Gasteiger partial charge in [0.2, 0.25) is 0 Å². The smallest absolute Gasteiger partial charge is 0.273 e. The number of amides is 1. The van der Waals surface area contributed by atoms with Crippen molar-refractivity contribution in [3.8, 4) is 5.75 Å². The van der Waals surface area contributed by atoms with Crippen molar-refractivity contribution in [2.45, 2.75) is 26.4 Å². The van der Waals surface area contributed by atoms with E-state index in [1.54, 1.807) is 18.3 Å². The van der Waals surface area contributed by atoms with E-state index in [2.05, 4.69) is 10.3 Å². The highest BCUT2D eigenvalue weighted by atomic mass is 35.5. The van der Waals surface area contributed by atoms with Crippen LogP contribution in [0.5, 0.6) is 5.75 Å². The standard InChI is InChI=1S/C17H21N3O2.2ClH/c1-12(2)22-15-4-3-10-19-16(15)17(21)20-11-9-13-5-7-14(18)8-6-13;;/h3-8,10,12H,9,11,18H2,1-2H3,(H,20,21);2*1H. The van der Waals surface area contributed by atoms with Gasteiger partial charge in [-0.2, -0.15) is 0 Å². The molecule has 0 aliphatic heterocycles. The number of nitrogens with one attached hydrogen (secondary N) is 1. The molecule has 5 nitrogen and oxygen atoms in total. The van der Waals surface area contributed by atoms with Crippen LogP contribution >= 0.6 is 24.8 Å². The van der Waals surface area contributed by atoms with Crippen molar-refractivity contribution in [2.24, 2.45) is 0 Å². The zero-order valence-electron chi connectivity index (χ0n) is 13.7. The maximum Gasteiger partial charge on any atom is 0.273 e. The molecule has 0 aliphatic carbocycles. The van der Waals surface area contributed by atoms with Crippen molar-refractivity contribution in [3.05, 3.63) is 53.9 Å². The van der Waals surface area contributed by atoms with Gasteiger partial charge >= 0.3 is 0 Å². The zero-order valence-corrected chi connectivity index (χ0v) is 15.3. The summed E-state index contributed by atoms with van der Waals surface area (Å²) in [6.07, 6.45) is 2.31. The van der Waals surface area contributed by atoms with Crippen molar-refractivity contribution in [3.63, 3.8) is 0 Å². The van der Waals surface area contributed by atoms with E-state index in [9.17, 15) is 4.79 Å². The number of benzene rings is 1. The Labute approximate surface area is 154 Å². The molecule has 3 N–H and O–H groups in total. The summed E-state index contributed by atoms with van der Waals surface area (Å²) in [5.74, 6) is 0.272. The molecule has 0 spiro atoms. The Morgan fingerprint density at radius 2 is 1.88 bits per heavy atom. The first-order valence-corrected chi connectivity index (χ1v) is 7.30. The van der Waals surface area contributed by atoms with Gasteiger partial charge in [-0.1, -0.05) is 12.1 Å². The molecule has 0 radical (unpaired) electrons. The number of carbonyl (C=O) groups is 1. The van der Waals surface area contributed by atoms with Gasteiger partial charge in [0.15, 0.2) is 11.4 Å². The molecule has 0 bridgehead atoms. The van der Waals surface area contributed by atoms with E-state index in [1.165, 1.54) is 0 Å². The highest BCUT2D eigenvalue weighted by Gasteiger charge is 2.14. The van der Waals surface area contributed by atoms with Gasteiger partial charge in [-0.15, -0.1) is 24.8 Å². The van der Waals surface area contributed by atoms with E-state index in [1.807, 2.05) is 38.1 Å². The molecular formula is C17H23Cl2N3O2. The first kappa shape index (κ1) is 22.0. The summed E-state index contributed by atoms with van der Waals surface area (Å²) in [6.45, 7) is 4.35. The second-order valence-electron chi connectivity index (χ2n) is 5.26. The Morgan fingerprint density at radius 1 is 1.21 bits per heavy atom. The number of anilines is 1. The number of carbonyl (C=O) groups excluding carboxylic acids is 1.